The number of aromatic nitrogens is 1. The topological polar surface area (TPSA) is 33.2 Å². The van der Waals surface area contributed by atoms with E-state index >= 15 is 0 Å². The SMILES string of the molecule is O=C(c1ccc(Cl)nc1)N1CCC[C@H](C(F)(F)F)C1. The number of alkyl halides is 3. The Balaban J connectivity index is 2.09. The molecule has 0 N–H and O–H groups in total. The molecule has 0 unspecified atom stereocenters. The zero-order valence-electron chi connectivity index (χ0n) is 9.95. The Bertz CT molecular complexity index is 461. The summed E-state index contributed by atoms with van der Waals surface area (Å²) in [6.07, 6.45) is -2.54. The standard InChI is InChI=1S/C12H12ClF3N2O/c13-10-4-3-8(6-17-10)11(19)18-5-1-2-9(7-18)12(14,15)16/h3-4,6,9H,1-2,5,7H2/t9-/m0/s1. The predicted molar refractivity (Wildman–Crippen MR) is 63.9 cm³/mol. The monoisotopic (exact) mass is 292 g/mol. The van der Waals surface area contributed by atoms with Crippen LogP contribution in [0.4, 0.5) is 13.2 Å². The number of carbonyl (C=O) groups excluding carboxylic acids is 1. The Kier molecular flexibility index (Phi) is 3.99. The normalized spacial score (nSPS) is 20.4. The smallest absolute Gasteiger partial charge is 0.338 e. The maximum absolute atomic E-state index is 12.7. The number of amides is 1. The van der Waals surface area contributed by atoms with Crippen molar-refractivity contribution in [1.29, 1.82) is 0 Å². The molecule has 1 aromatic heterocycles. The third-order valence-corrected chi connectivity index (χ3v) is 3.37. The Morgan fingerprint density at radius 2 is 2.16 bits per heavy atom. The second-order valence-corrected chi connectivity index (χ2v) is 4.89. The Morgan fingerprint density at radius 1 is 1.42 bits per heavy atom. The highest BCUT2D eigenvalue weighted by molar-refractivity contribution is 6.29. The first kappa shape index (κ1) is 14.1. The van der Waals surface area contributed by atoms with E-state index in [2.05, 4.69) is 4.98 Å². The molecule has 0 spiro atoms. The van der Waals surface area contributed by atoms with Crippen molar-refractivity contribution in [3.05, 3.63) is 29.0 Å². The number of hydrogen-bond acceptors (Lipinski definition) is 2. The lowest BCUT2D eigenvalue weighted by atomic mass is 9.97. The van der Waals surface area contributed by atoms with Gasteiger partial charge in [-0.05, 0) is 25.0 Å². The number of likely N-dealkylation sites (tertiary alicyclic amines) is 1. The molecule has 1 aromatic rings. The molecule has 1 saturated heterocycles. The first-order chi connectivity index (χ1) is 8.88. The van der Waals surface area contributed by atoms with Crippen molar-refractivity contribution in [3.63, 3.8) is 0 Å². The molecule has 1 amide bonds. The zero-order chi connectivity index (χ0) is 14.0. The van der Waals surface area contributed by atoms with Crippen molar-refractivity contribution in [2.75, 3.05) is 13.1 Å². The van der Waals surface area contributed by atoms with Gasteiger partial charge in [-0.3, -0.25) is 4.79 Å². The van der Waals surface area contributed by atoms with Crippen LogP contribution in [-0.4, -0.2) is 35.1 Å². The number of pyridine rings is 1. The van der Waals surface area contributed by atoms with Gasteiger partial charge in [-0.15, -0.1) is 0 Å². The second-order valence-electron chi connectivity index (χ2n) is 4.50. The van der Waals surface area contributed by atoms with Gasteiger partial charge in [0.15, 0.2) is 0 Å². The lowest BCUT2D eigenvalue weighted by Crippen LogP contribution is -2.44. The molecule has 19 heavy (non-hydrogen) atoms. The number of rotatable bonds is 1. The molecule has 0 aliphatic carbocycles. The number of hydrogen-bond donors (Lipinski definition) is 0. The fourth-order valence-corrected chi connectivity index (χ4v) is 2.23. The summed E-state index contributed by atoms with van der Waals surface area (Å²) in [6.45, 7) is 0.0546. The van der Waals surface area contributed by atoms with Gasteiger partial charge in [0.25, 0.3) is 5.91 Å². The molecule has 3 nitrogen and oxygen atoms in total. The number of piperidine rings is 1. The van der Waals surface area contributed by atoms with Crippen LogP contribution in [0.15, 0.2) is 18.3 Å². The molecule has 7 heteroatoms. The third-order valence-electron chi connectivity index (χ3n) is 3.15. The molecule has 1 aliphatic rings. The zero-order valence-corrected chi connectivity index (χ0v) is 10.7. The quantitative estimate of drug-likeness (QED) is 0.745. The molecule has 1 fully saturated rings. The molecule has 0 radical (unpaired) electrons. The van der Waals surface area contributed by atoms with Gasteiger partial charge in [-0.25, -0.2) is 4.98 Å². The van der Waals surface area contributed by atoms with Crippen LogP contribution in [0.5, 0.6) is 0 Å². The van der Waals surface area contributed by atoms with Gasteiger partial charge in [0.2, 0.25) is 0 Å². The van der Waals surface area contributed by atoms with Crippen LogP contribution in [0.2, 0.25) is 5.15 Å². The Morgan fingerprint density at radius 3 is 2.74 bits per heavy atom. The number of nitrogens with zero attached hydrogens (tertiary/aromatic N) is 2. The van der Waals surface area contributed by atoms with E-state index in [1.807, 2.05) is 0 Å². The van der Waals surface area contributed by atoms with E-state index < -0.39 is 18.0 Å². The van der Waals surface area contributed by atoms with Gasteiger partial charge in [0, 0.05) is 19.3 Å². The van der Waals surface area contributed by atoms with Crippen molar-refractivity contribution < 1.29 is 18.0 Å². The molecular weight excluding hydrogens is 281 g/mol. The van der Waals surface area contributed by atoms with E-state index in [-0.39, 0.29) is 23.7 Å². The minimum atomic E-state index is -4.25. The average Bonchev–Trinajstić information content (AvgIpc) is 2.38. The molecule has 1 atom stereocenters. The maximum atomic E-state index is 12.7. The second kappa shape index (κ2) is 5.36. The maximum Gasteiger partial charge on any atom is 0.393 e. The lowest BCUT2D eigenvalue weighted by Gasteiger charge is -2.33. The summed E-state index contributed by atoms with van der Waals surface area (Å²) in [7, 11) is 0. The van der Waals surface area contributed by atoms with Crippen LogP contribution in [0, 0.1) is 5.92 Å². The lowest BCUT2D eigenvalue weighted by molar-refractivity contribution is -0.184. The van der Waals surface area contributed by atoms with Crippen molar-refractivity contribution in [2.24, 2.45) is 5.92 Å². The summed E-state index contributed by atoms with van der Waals surface area (Å²) in [6, 6.07) is 2.91. The van der Waals surface area contributed by atoms with Crippen molar-refractivity contribution in [2.45, 2.75) is 19.0 Å². The van der Waals surface area contributed by atoms with E-state index in [9.17, 15) is 18.0 Å². The molecule has 2 rings (SSSR count). The summed E-state index contributed by atoms with van der Waals surface area (Å²) in [5.74, 6) is -1.87. The molecule has 0 aromatic carbocycles. The molecule has 1 aliphatic heterocycles. The summed E-state index contributed by atoms with van der Waals surface area (Å²) in [5.41, 5.74) is 0.257. The van der Waals surface area contributed by atoms with E-state index in [0.717, 1.165) is 0 Å². The summed E-state index contributed by atoms with van der Waals surface area (Å²) in [4.78, 5) is 17.0. The molecule has 0 bridgehead atoms. The van der Waals surface area contributed by atoms with Crippen LogP contribution >= 0.6 is 11.6 Å². The molecule has 2 heterocycles. The van der Waals surface area contributed by atoms with Crippen LogP contribution in [0.1, 0.15) is 23.2 Å². The fraction of sp³-hybridized carbons (Fsp3) is 0.500. The summed E-state index contributed by atoms with van der Waals surface area (Å²) in [5, 5.41) is 0.239. The van der Waals surface area contributed by atoms with Gasteiger partial charge in [0.1, 0.15) is 5.15 Å². The van der Waals surface area contributed by atoms with E-state index in [4.69, 9.17) is 11.6 Å². The Labute approximate surface area is 113 Å². The summed E-state index contributed by atoms with van der Waals surface area (Å²) >= 11 is 5.60. The van der Waals surface area contributed by atoms with Gasteiger partial charge in [-0.1, -0.05) is 11.6 Å². The van der Waals surface area contributed by atoms with Gasteiger partial charge >= 0.3 is 6.18 Å². The molecule has 104 valence electrons. The van der Waals surface area contributed by atoms with Gasteiger partial charge in [-0.2, -0.15) is 13.2 Å². The van der Waals surface area contributed by atoms with Crippen molar-refractivity contribution in [3.8, 4) is 0 Å². The van der Waals surface area contributed by atoms with Crippen LogP contribution in [-0.2, 0) is 0 Å². The predicted octanol–water partition coefficient (Wildman–Crippen LogP) is 3.15. The van der Waals surface area contributed by atoms with E-state index in [0.29, 0.717) is 13.0 Å². The van der Waals surface area contributed by atoms with E-state index in [1.165, 1.54) is 23.2 Å². The van der Waals surface area contributed by atoms with Crippen molar-refractivity contribution >= 4 is 17.5 Å². The number of halogens is 4. The Hall–Kier alpha value is -1.30. The van der Waals surface area contributed by atoms with Crippen LogP contribution in [0.25, 0.3) is 0 Å². The molecular formula is C12H12ClF3N2O. The number of carbonyl (C=O) groups is 1. The minimum Gasteiger partial charge on any atom is -0.338 e. The largest absolute Gasteiger partial charge is 0.393 e. The molecule has 0 saturated carbocycles. The highest BCUT2D eigenvalue weighted by Gasteiger charge is 2.42. The van der Waals surface area contributed by atoms with Crippen LogP contribution in [0.3, 0.4) is 0 Å². The average molecular weight is 293 g/mol. The first-order valence-electron chi connectivity index (χ1n) is 5.85. The van der Waals surface area contributed by atoms with Gasteiger partial charge in [0.05, 0.1) is 11.5 Å². The van der Waals surface area contributed by atoms with Gasteiger partial charge < -0.3 is 4.90 Å². The first-order valence-corrected chi connectivity index (χ1v) is 6.23. The minimum absolute atomic E-state index is 0.0755. The fourth-order valence-electron chi connectivity index (χ4n) is 2.11. The third kappa shape index (κ3) is 3.37. The van der Waals surface area contributed by atoms with Crippen molar-refractivity contribution in [1.82, 2.24) is 9.88 Å². The van der Waals surface area contributed by atoms with Crippen LogP contribution < -0.4 is 0 Å². The highest BCUT2D eigenvalue weighted by Crippen LogP contribution is 2.33. The van der Waals surface area contributed by atoms with E-state index in [1.54, 1.807) is 0 Å². The highest BCUT2D eigenvalue weighted by atomic mass is 35.5. The summed E-state index contributed by atoms with van der Waals surface area (Å²) < 4.78 is 38.0.